The van der Waals surface area contributed by atoms with Gasteiger partial charge in [-0.1, -0.05) is 6.07 Å². The number of amides is 2. The Labute approximate surface area is 248 Å². The Hall–Kier alpha value is -4.47. The number of hydrogen-bond donors (Lipinski definition) is 3. The van der Waals surface area contributed by atoms with Gasteiger partial charge in [-0.15, -0.1) is 0 Å². The number of aromatic nitrogens is 2. The number of carbonyl (C=O) groups is 3. The first-order valence-corrected chi connectivity index (χ1v) is 14.8. The molecule has 16 heteroatoms. The highest BCUT2D eigenvalue weighted by atomic mass is 32.2. The van der Waals surface area contributed by atoms with Gasteiger partial charge in [0.25, 0.3) is 15.7 Å². The fourth-order valence-corrected chi connectivity index (χ4v) is 6.82. The zero-order chi connectivity index (χ0) is 32.0. The summed E-state index contributed by atoms with van der Waals surface area (Å²) in [6.07, 6.45) is 3.36. The van der Waals surface area contributed by atoms with E-state index >= 15 is 0 Å². The van der Waals surface area contributed by atoms with E-state index in [0.717, 1.165) is 30.7 Å². The lowest BCUT2D eigenvalue weighted by molar-refractivity contribution is -0.122. The second kappa shape index (κ2) is 11.6. The van der Waals surface area contributed by atoms with E-state index in [4.69, 9.17) is 9.84 Å². The molecule has 2 aromatic carbocycles. The third-order valence-corrected chi connectivity index (χ3v) is 9.52. The summed E-state index contributed by atoms with van der Waals surface area (Å²) in [6, 6.07) is 6.68. The van der Waals surface area contributed by atoms with Crippen LogP contribution in [0.4, 0.5) is 23.2 Å². The largest absolute Gasteiger partial charge is 0.501 e. The maximum Gasteiger partial charge on any atom is 0.501 e. The second-order valence-corrected chi connectivity index (χ2v) is 12.6. The number of anilines is 1. The molecule has 0 saturated heterocycles. The number of nitrogens with one attached hydrogen (secondary N) is 2. The summed E-state index contributed by atoms with van der Waals surface area (Å²) in [5.41, 5.74) is -5.93. The fraction of sp³-hybridized carbons (Fsp3) is 0.357. The highest BCUT2D eigenvalue weighted by Crippen LogP contribution is 2.49. The normalized spacial score (nSPS) is 21.2. The van der Waals surface area contributed by atoms with Gasteiger partial charge >= 0.3 is 11.5 Å². The number of aromatic carboxylic acids is 1. The quantitative estimate of drug-likeness (QED) is 0.299. The summed E-state index contributed by atoms with van der Waals surface area (Å²) in [6.45, 7) is -0.189. The van der Waals surface area contributed by atoms with Crippen LogP contribution >= 0.6 is 0 Å². The van der Waals surface area contributed by atoms with E-state index in [2.05, 4.69) is 15.7 Å². The van der Waals surface area contributed by atoms with E-state index in [-0.39, 0.29) is 46.6 Å². The van der Waals surface area contributed by atoms with Gasteiger partial charge in [0.1, 0.15) is 11.6 Å². The molecule has 1 heterocycles. The molecule has 44 heavy (non-hydrogen) atoms. The molecular weight excluding hydrogens is 612 g/mol. The SMILES string of the molecule is COc1cc(F)c(Cn2ccc(C(=O)O)n2)cc1C(=O)NC1C2CCC(C2)C1C(=O)Nc1cccc(S(=O)(=O)C(F)(F)F)c1. The van der Waals surface area contributed by atoms with Crippen molar-refractivity contribution in [1.29, 1.82) is 0 Å². The van der Waals surface area contributed by atoms with Crippen molar-refractivity contribution >= 4 is 33.3 Å². The minimum absolute atomic E-state index is 0.0203. The van der Waals surface area contributed by atoms with Gasteiger partial charge in [-0.25, -0.2) is 17.6 Å². The summed E-state index contributed by atoms with van der Waals surface area (Å²) in [4.78, 5) is 37.0. The van der Waals surface area contributed by atoms with Crippen molar-refractivity contribution in [3.63, 3.8) is 0 Å². The number of halogens is 4. The standard InChI is InChI=1S/C28H26F4N4O7S/c1-43-22-12-20(29)16(13-36-8-7-21(35-36)27(39)40)10-19(22)25(37)34-24-15-6-5-14(9-15)23(24)26(38)33-17-3-2-4-18(11-17)44(41,42)28(30,31)32/h2-4,7-8,10-12,14-15,23-24H,5-6,9,13H2,1H3,(H,33,38)(H,34,37)(H,39,40). The second-order valence-electron chi connectivity index (χ2n) is 10.7. The van der Waals surface area contributed by atoms with Crippen LogP contribution in [0.5, 0.6) is 5.75 Å². The number of ether oxygens (including phenoxy) is 1. The fourth-order valence-electron chi connectivity index (χ4n) is 6.01. The number of fused-ring (bicyclic) bond motifs is 2. The molecule has 0 spiro atoms. The molecule has 4 unspecified atom stereocenters. The van der Waals surface area contributed by atoms with Gasteiger partial charge in [-0.05, 0) is 61.4 Å². The van der Waals surface area contributed by atoms with E-state index in [0.29, 0.717) is 12.8 Å². The summed E-state index contributed by atoms with van der Waals surface area (Å²) in [5, 5.41) is 18.3. The molecule has 2 amide bonds. The number of rotatable bonds is 9. The summed E-state index contributed by atoms with van der Waals surface area (Å²) < 4.78 is 84.1. The molecule has 0 aliphatic heterocycles. The van der Waals surface area contributed by atoms with Crippen molar-refractivity contribution in [2.75, 3.05) is 12.4 Å². The highest BCUT2D eigenvalue weighted by molar-refractivity contribution is 7.92. The molecule has 2 saturated carbocycles. The molecule has 4 atom stereocenters. The molecule has 2 fully saturated rings. The Bertz CT molecular complexity index is 1740. The molecule has 234 valence electrons. The van der Waals surface area contributed by atoms with Gasteiger partial charge in [-0.2, -0.15) is 18.3 Å². The minimum atomic E-state index is -5.63. The van der Waals surface area contributed by atoms with Gasteiger partial charge in [0, 0.05) is 29.6 Å². The Morgan fingerprint density at radius 3 is 2.50 bits per heavy atom. The van der Waals surface area contributed by atoms with Crippen molar-refractivity contribution in [1.82, 2.24) is 15.1 Å². The third-order valence-electron chi connectivity index (χ3n) is 8.04. The number of nitrogens with zero attached hydrogens (tertiary/aromatic N) is 2. The van der Waals surface area contributed by atoms with E-state index in [1.807, 2.05) is 0 Å². The first-order chi connectivity index (χ1) is 20.7. The zero-order valence-corrected chi connectivity index (χ0v) is 23.8. The van der Waals surface area contributed by atoms with Crippen LogP contribution in [0.25, 0.3) is 0 Å². The molecule has 5 rings (SSSR count). The van der Waals surface area contributed by atoms with E-state index in [9.17, 15) is 40.4 Å². The summed E-state index contributed by atoms with van der Waals surface area (Å²) in [5.74, 6) is -4.32. The van der Waals surface area contributed by atoms with Crippen LogP contribution in [0.2, 0.25) is 0 Å². The molecule has 2 aliphatic rings. The van der Waals surface area contributed by atoms with Gasteiger partial charge in [0.05, 0.1) is 30.0 Å². The molecule has 0 radical (unpaired) electrons. The molecule has 3 aromatic rings. The van der Waals surface area contributed by atoms with Gasteiger partial charge < -0.3 is 20.5 Å². The van der Waals surface area contributed by atoms with Crippen LogP contribution < -0.4 is 15.4 Å². The summed E-state index contributed by atoms with van der Waals surface area (Å²) in [7, 11) is -4.39. The lowest BCUT2D eigenvalue weighted by Crippen LogP contribution is -2.48. The molecule has 3 N–H and O–H groups in total. The average molecular weight is 639 g/mol. The number of sulfone groups is 1. The first-order valence-electron chi connectivity index (χ1n) is 13.4. The Morgan fingerprint density at radius 2 is 1.84 bits per heavy atom. The molecule has 1 aromatic heterocycles. The van der Waals surface area contributed by atoms with Crippen LogP contribution in [0.1, 0.15) is 45.7 Å². The number of methoxy groups -OCH3 is 1. The van der Waals surface area contributed by atoms with Crippen LogP contribution in [0, 0.1) is 23.6 Å². The first kappa shape index (κ1) is 31.0. The molecular formula is C28H26F4N4O7S. The van der Waals surface area contributed by atoms with E-state index in [1.54, 1.807) is 0 Å². The number of carboxylic acid groups (broad SMARTS) is 1. The van der Waals surface area contributed by atoms with E-state index in [1.165, 1.54) is 36.2 Å². The monoisotopic (exact) mass is 638 g/mol. The third kappa shape index (κ3) is 5.85. The predicted molar refractivity (Wildman–Crippen MR) is 145 cm³/mol. The van der Waals surface area contributed by atoms with Crippen molar-refractivity contribution < 1.29 is 50.2 Å². The summed E-state index contributed by atoms with van der Waals surface area (Å²) >= 11 is 0. The van der Waals surface area contributed by atoms with Gasteiger partial charge in [-0.3, -0.25) is 14.3 Å². The smallest absolute Gasteiger partial charge is 0.496 e. The predicted octanol–water partition coefficient (Wildman–Crippen LogP) is 3.85. The molecule has 2 bridgehead atoms. The number of carboxylic acids is 1. The van der Waals surface area contributed by atoms with Gasteiger partial charge in [0.2, 0.25) is 5.91 Å². The van der Waals surface area contributed by atoms with Gasteiger partial charge in [0.15, 0.2) is 5.69 Å². The van der Waals surface area contributed by atoms with Crippen molar-refractivity contribution in [2.24, 2.45) is 17.8 Å². The van der Waals surface area contributed by atoms with Crippen LogP contribution in [-0.4, -0.2) is 59.7 Å². The number of alkyl halides is 3. The molecule has 2 aliphatic carbocycles. The Morgan fingerprint density at radius 1 is 1.11 bits per heavy atom. The maximum atomic E-state index is 14.9. The van der Waals surface area contributed by atoms with Crippen molar-refractivity contribution in [3.05, 3.63) is 71.3 Å². The minimum Gasteiger partial charge on any atom is -0.496 e. The maximum absolute atomic E-state index is 14.9. The molecule has 11 nitrogen and oxygen atoms in total. The van der Waals surface area contributed by atoms with E-state index < -0.39 is 55.8 Å². The number of benzene rings is 2. The average Bonchev–Trinajstić information content (AvgIpc) is 3.70. The van der Waals surface area contributed by atoms with Crippen LogP contribution in [0.3, 0.4) is 0 Å². The van der Waals surface area contributed by atoms with Crippen molar-refractivity contribution in [3.8, 4) is 5.75 Å². The Kier molecular flexibility index (Phi) is 8.13. The van der Waals surface area contributed by atoms with Crippen LogP contribution in [-0.2, 0) is 21.2 Å². The number of hydrogen-bond acceptors (Lipinski definition) is 7. The topological polar surface area (TPSA) is 157 Å². The Balaban J connectivity index is 1.36. The highest BCUT2D eigenvalue weighted by Gasteiger charge is 2.52. The van der Waals surface area contributed by atoms with Crippen molar-refractivity contribution in [2.45, 2.75) is 42.3 Å². The zero-order valence-electron chi connectivity index (χ0n) is 23.0. The van der Waals surface area contributed by atoms with Crippen LogP contribution in [0.15, 0.2) is 53.6 Å². The number of carbonyl (C=O) groups excluding carboxylic acids is 2. The lowest BCUT2D eigenvalue weighted by atomic mass is 9.83. The lowest BCUT2D eigenvalue weighted by Gasteiger charge is -2.31.